The van der Waals surface area contributed by atoms with Crippen molar-refractivity contribution in [1.29, 1.82) is 0 Å². The SMILES string of the molecule is CCC(CCOC)OC. The molecule has 0 radical (unpaired) electrons. The average molecular weight is 132 g/mol. The van der Waals surface area contributed by atoms with E-state index in [4.69, 9.17) is 9.47 Å². The molecule has 0 aromatic heterocycles. The minimum absolute atomic E-state index is 0.380. The molecule has 1 atom stereocenters. The third-order valence-electron chi connectivity index (χ3n) is 1.43. The molecule has 0 aliphatic heterocycles. The van der Waals surface area contributed by atoms with Crippen LogP contribution in [0, 0.1) is 0 Å². The van der Waals surface area contributed by atoms with Crippen molar-refractivity contribution in [2.24, 2.45) is 0 Å². The van der Waals surface area contributed by atoms with E-state index in [1.54, 1.807) is 14.2 Å². The van der Waals surface area contributed by atoms with Gasteiger partial charge in [0.2, 0.25) is 0 Å². The lowest BCUT2D eigenvalue weighted by Crippen LogP contribution is -2.11. The third kappa shape index (κ3) is 4.43. The van der Waals surface area contributed by atoms with E-state index in [1.165, 1.54) is 0 Å². The fourth-order valence-electron chi connectivity index (χ4n) is 0.738. The molecule has 0 aliphatic rings. The highest BCUT2D eigenvalue weighted by molar-refractivity contribution is 4.52. The summed E-state index contributed by atoms with van der Waals surface area (Å²) in [5.74, 6) is 0. The molecule has 2 heteroatoms. The van der Waals surface area contributed by atoms with Crippen LogP contribution < -0.4 is 0 Å². The molecule has 0 aromatic carbocycles. The monoisotopic (exact) mass is 132 g/mol. The fraction of sp³-hybridized carbons (Fsp3) is 1.00. The lowest BCUT2D eigenvalue weighted by molar-refractivity contribution is 0.0641. The van der Waals surface area contributed by atoms with Crippen molar-refractivity contribution in [1.82, 2.24) is 0 Å². The summed E-state index contributed by atoms with van der Waals surface area (Å²) in [5, 5.41) is 0. The first-order valence-corrected chi connectivity index (χ1v) is 3.36. The number of hydrogen-bond acceptors (Lipinski definition) is 2. The van der Waals surface area contributed by atoms with Crippen molar-refractivity contribution in [3.8, 4) is 0 Å². The number of ether oxygens (including phenoxy) is 2. The van der Waals surface area contributed by atoms with Crippen LogP contribution in [0.4, 0.5) is 0 Å². The van der Waals surface area contributed by atoms with E-state index < -0.39 is 0 Å². The quantitative estimate of drug-likeness (QED) is 0.563. The molecular weight excluding hydrogens is 116 g/mol. The van der Waals surface area contributed by atoms with Crippen molar-refractivity contribution >= 4 is 0 Å². The van der Waals surface area contributed by atoms with Gasteiger partial charge < -0.3 is 9.47 Å². The highest BCUT2D eigenvalue weighted by Crippen LogP contribution is 2.00. The predicted octanol–water partition coefficient (Wildman–Crippen LogP) is 1.45. The molecule has 1 unspecified atom stereocenters. The summed E-state index contributed by atoms with van der Waals surface area (Å²) in [6, 6.07) is 0. The highest BCUT2D eigenvalue weighted by Gasteiger charge is 2.01. The van der Waals surface area contributed by atoms with Gasteiger partial charge in [-0.25, -0.2) is 0 Å². The van der Waals surface area contributed by atoms with Gasteiger partial charge in [-0.05, 0) is 12.8 Å². The summed E-state index contributed by atoms with van der Waals surface area (Å²) in [7, 11) is 3.45. The first-order valence-electron chi connectivity index (χ1n) is 3.36. The van der Waals surface area contributed by atoms with Gasteiger partial charge in [-0.3, -0.25) is 0 Å². The fourth-order valence-corrected chi connectivity index (χ4v) is 0.738. The molecule has 0 fully saturated rings. The minimum Gasteiger partial charge on any atom is -0.385 e. The molecule has 0 aromatic rings. The molecule has 0 amide bonds. The maximum absolute atomic E-state index is 5.12. The van der Waals surface area contributed by atoms with E-state index in [-0.39, 0.29) is 0 Å². The van der Waals surface area contributed by atoms with Gasteiger partial charge in [0.05, 0.1) is 6.10 Å². The van der Waals surface area contributed by atoms with Crippen LogP contribution in [0.15, 0.2) is 0 Å². The second-order valence-corrected chi connectivity index (χ2v) is 2.05. The van der Waals surface area contributed by atoms with Crippen LogP contribution in [-0.4, -0.2) is 26.9 Å². The van der Waals surface area contributed by atoms with Gasteiger partial charge in [0.15, 0.2) is 0 Å². The van der Waals surface area contributed by atoms with Gasteiger partial charge in [-0.15, -0.1) is 0 Å². The maximum atomic E-state index is 5.12. The predicted molar refractivity (Wildman–Crippen MR) is 37.6 cm³/mol. The Hall–Kier alpha value is -0.0800. The van der Waals surface area contributed by atoms with Crippen LogP contribution in [0.2, 0.25) is 0 Å². The van der Waals surface area contributed by atoms with Crippen LogP contribution >= 0.6 is 0 Å². The molecule has 0 aliphatic carbocycles. The smallest absolute Gasteiger partial charge is 0.0590 e. The lowest BCUT2D eigenvalue weighted by atomic mass is 10.2. The van der Waals surface area contributed by atoms with Gasteiger partial charge in [0, 0.05) is 20.8 Å². The Balaban J connectivity index is 3.09. The molecule has 56 valence electrons. The van der Waals surface area contributed by atoms with Crippen LogP contribution in [-0.2, 0) is 9.47 Å². The van der Waals surface area contributed by atoms with E-state index in [0.29, 0.717) is 6.10 Å². The Labute approximate surface area is 57.2 Å². The molecule has 0 saturated carbocycles. The number of hydrogen-bond donors (Lipinski definition) is 0. The standard InChI is InChI=1S/C7H16O2/c1-4-7(9-3)5-6-8-2/h7H,4-6H2,1-3H3. The van der Waals surface area contributed by atoms with E-state index >= 15 is 0 Å². The molecule has 0 spiro atoms. The minimum atomic E-state index is 0.380. The van der Waals surface area contributed by atoms with E-state index in [0.717, 1.165) is 19.4 Å². The largest absolute Gasteiger partial charge is 0.385 e. The van der Waals surface area contributed by atoms with Crippen molar-refractivity contribution in [2.45, 2.75) is 25.9 Å². The molecular formula is C7H16O2. The van der Waals surface area contributed by atoms with Crippen molar-refractivity contribution in [3.05, 3.63) is 0 Å². The number of methoxy groups -OCH3 is 2. The van der Waals surface area contributed by atoms with Crippen LogP contribution in [0.25, 0.3) is 0 Å². The topological polar surface area (TPSA) is 18.5 Å². The Kier molecular flexibility index (Phi) is 5.99. The summed E-state index contributed by atoms with van der Waals surface area (Å²) in [4.78, 5) is 0. The summed E-state index contributed by atoms with van der Waals surface area (Å²) in [6.07, 6.45) is 2.45. The van der Waals surface area contributed by atoms with E-state index in [1.807, 2.05) is 0 Å². The molecule has 2 nitrogen and oxygen atoms in total. The van der Waals surface area contributed by atoms with Crippen LogP contribution in [0.1, 0.15) is 19.8 Å². The van der Waals surface area contributed by atoms with Crippen molar-refractivity contribution in [2.75, 3.05) is 20.8 Å². The van der Waals surface area contributed by atoms with Gasteiger partial charge >= 0.3 is 0 Å². The second-order valence-electron chi connectivity index (χ2n) is 2.05. The normalized spacial score (nSPS) is 13.7. The summed E-state index contributed by atoms with van der Waals surface area (Å²) in [6.45, 7) is 2.91. The molecule has 0 heterocycles. The molecule has 0 rings (SSSR count). The Morgan fingerprint density at radius 1 is 1.33 bits per heavy atom. The number of rotatable bonds is 5. The van der Waals surface area contributed by atoms with Gasteiger partial charge in [0.1, 0.15) is 0 Å². The van der Waals surface area contributed by atoms with Gasteiger partial charge in [0.25, 0.3) is 0 Å². The second kappa shape index (κ2) is 6.05. The zero-order chi connectivity index (χ0) is 7.11. The zero-order valence-corrected chi connectivity index (χ0v) is 6.52. The van der Waals surface area contributed by atoms with Crippen molar-refractivity contribution in [3.63, 3.8) is 0 Å². The van der Waals surface area contributed by atoms with Crippen LogP contribution in [0.5, 0.6) is 0 Å². The zero-order valence-electron chi connectivity index (χ0n) is 6.52. The average Bonchev–Trinajstić information content (AvgIpc) is 1.91. The molecule has 0 saturated heterocycles. The van der Waals surface area contributed by atoms with Crippen LogP contribution in [0.3, 0.4) is 0 Å². The van der Waals surface area contributed by atoms with E-state index in [2.05, 4.69) is 6.92 Å². The van der Waals surface area contributed by atoms with Gasteiger partial charge in [-0.1, -0.05) is 6.92 Å². The Morgan fingerprint density at radius 3 is 2.33 bits per heavy atom. The van der Waals surface area contributed by atoms with Gasteiger partial charge in [-0.2, -0.15) is 0 Å². The Bertz CT molecular complexity index is 50.9. The lowest BCUT2D eigenvalue weighted by Gasteiger charge is -2.10. The molecule has 0 N–H and O–H groups in total. The molecule has 0 bridgehead atoms. The maximum Gasteiger partial charge on any atom is 0.0590 e. The van der Waals surface area contributed by atoms with Crippen molar-refractivity contribution < 1.29 is 9.47 Å². The first-order chi connectivity index (χ1) is 4.35. The Morgan fingerprint density at radius 2 is 2.00 bits per heavy atom. The molecule has 9 heavy (non-hydrogen) atoms. The first kappa shape index (κ1) is 8.92. The summed E-state index contributed by atoms with van der Waals surface area (Å²) < 4.78 is 10.0. The highest BCUT2D eigenvalue weighted by atomic mass is 16.5. The van der Waals surface area contributed by atoms with E-state index in [9.17, 15) is 0 Å². The third-order valence-corrected chi connectivity index (χ3v) is 1.43. The summed E-state index contributed by atoms with van der Waals surface area (Å²) in [5.41, 5.74) is 0. The summed E-state index contributed by atoms with van der Waals surface area (Å²) >= 11 is 0.